The first kappa shape index (κ1) is 22.9. The minimum Gasteiger partial charge on any atom is -0.379 e. The van der Waals surface area contributed by atoms with Gasteiger partial charge in [0.2, 0.25) is 0 Å². The molecule has 138 valence electrons. The van der Waals surface area contributed by atoms with Crippen molar-refractivity contribution in [3.8, 4) is 0 Å². The molecule has 1 atom stereocenters. The number of morpholine rings is 1. The molecule has 0 aromatic carbocycles. The summed E-state index contributed by atoms with van der Waals surface area (Å²) >= 11 is 0. The van der Waals surface area contributed by atoms with Gasteiger partial charge in [-0.2, -0.15) is 0 Å². The normalized spacial score (nSPS) is 17.4. The zero-order valence-electron chi connectivity index (χ0n) is 15.3. The van der Waals surface area contributed by atoms with Crippen LogP contribution >= 0.6 is 24.0 Å². The highest BCUT2D eigenvalue weighted by Gasteiger charge is 2.09. The van der Waals surface area contributed by atoms with Crippen LogP contribution in [0.2, 0.25) is 0 Å². The summed E-state index contributed by atoms with van der Waals surface area (Å²) in [5.41, 5.74) is 0. The van der Waals surface area contributed by atoms with Crippen LogP contribution in [0, 0.1) is 0 Å². The van der Waals surface area contributed by atoms with E-state index in [1.165, 1.54) is 45.1 Å². The van der Waals surface area contributed by atoms with Gasteiger partial charge >= 0.3 is 0 Å². The third-order valence-electron chi connectivity index (χ3n) is 4.14. The topological polar surface area (TPSA) is 48.9 Å². The largest absolute Gasteiger partial charge is 0.379 e. The molecule has 5 nitrogen and oxygen atoms in total. The number of unbranched alkanes of at least 4 members (excludes halogenated alkanes) is 3. The van der Waals surface area contributed by atoms with Gasteiger partial charge < -0.3 is 15.4 Å². The molecule has 2 N–H and O–H groups in total. The first-order valence-corrected chi connectivity index (χ1v) is 9.03. The van der Waals surface area contributed by atoms with Crippen LogP contribution in [0.25, 0.3) is 0 Å². The maximum absolute atomic E-state index is 5.37. The maximum atomic E-state index is 5.37. The van der Waals surface area contributed by atoms with Gasteiger partial charge in [0.05, 0.1) is 13.2 Å². The molecule has 1 aliphatic heterocycles. The molecular weight excluding hydrogens is 403 g/mol. The summed E-state index contributed by atoms with van der Waals surface area (Å²) in [5.74, 6) is 0.940. The third-order valence-corrected chi connectivity index (χ3v) is 4.14. The van der Waals surface area contributed by atoms with Gasteiger partial charge in [-0.25, -0.2) is 0 Å². The van der Waals surface area contributed by atoms with Crippen molar-refractivity contribution in [2.24, 2.45) is 4.99 Å². The summed E-state index contributed by atoms with van der Waals surface area (Å²) in [7, 11) is 1.85. The second-order valence-corrected chi connectivity index (χ2v) is 6.20. The Morgan fingerprint density at radius 2 is 1.91 bits per heavy atom. The molecule has 1 fully saturated rings. The van der Waals surface area contributed by atoms with E-state index in [1.54, 1.807) is 0 Å². The van der Waals surface area contributed by atoms with E-state index in [-0.39, 0.29) is 24.0 Å². The van der Waals surface area contributed by atoms with Crippen LogP contribution in [-0.2, 0) is 4.74 Å². The van der Waals surface area contributed by atoms with E-state index < -0.39 is 0 Å². The van der Waals surface area contributed by atoms with Crippen molar-refractivity contribution in [2.45, 2.75) is 58.4 Å². The Kier molecular flexibility index (Phi) is 15.4. The Bertz CT molecular complexity index is 296. The number of hydrogen-bond donors (Lipinski definition) is 2. The number of nitrogens with zero attached hydrogens (tertiary/aromatic N) is 2. The van der Waals surface area contributed by atoms with Gasteiger partial charge in [0.1, 0.15) is 0 Å². The Hall–Kier alpha value is -0.0800. The average Bonchev–Trinajstić information content (AvgIpc) is 2.54. The van der Waals surface area contributed by atoms with E-state index in [4.69, 9.17) is 4.74 Å². The predicted molar refractivity (Wildman–Crippen MR) is 110 cm³/mol. The number of aliphatic imine (C=N–C) groups is 1. The fourth-order valence-corrected chi connectivity index (χ4v) is 2.69. The number of guanidine groups is 1. The van der Waals surface area contributed by atoms with Crippen molar-refractivity contribution in [1.82, 2.24) is 15.5 Å². The molecule has 0 aromatic heterocycles. The van der Waals surface area contributed by atoms with Gasteiger partial charge in [-0.1, -0.05) is 26.2 Å². The molecule has 0 bridgehead atoms. The lowest BCUT2D eigenvalue weighted by atomic mass is 10.1. The van der Waals surface area contributed by atoms with Gasteiger partial charge in [0, 0.05) is 32.7 Å². The highest BCUT2D eigenvalue weighted by molar-refractivity contribution is 14.0. The molecule has 0 aromatic rings. The Morgan fingerprint density at radius 1 is 1.17 bits per heavy atom. The van der Waals surface area contributed by atoms with E-state index in [0.717, 1.165) is 38.8 Å². The maximum Gasteiger partial charge on any atom is 0.191 e. The molecule has 0 amide bonds. The van der Waals surface area contributed by atoms with Crippen LogP contribution in [-0.4, -0.2) is 63.3 Å². The number of halogens is 1. The van der Waals surface area contributed by atoms with Crippen molar-refractivity contribution in [3.63, 3.8) is 0 Å². The molecule has 1 saturated heterocycles. The van der Waals surface area contributed by atoms with Crippen molar-refractivity contribution in [2.75, 3.05) is 46.4 Å². The molecule has 23 heavy (non-hydrogen) atoms. The van der Waals surface area contributed by atoms with Crippen molar-refractivity contribution >= 4 is 29.9 Å². The minimum absolute atomic E-state index is 0. The molecule has 6 heteroatoms. The molecule has 1 heterocycles. The lowest BCUT2D eigenvalue weighted by Crippen LogP contribution is -2.42. The molecule has 0 spiro atoms. The van der Waals surface area contributed by atoms with Crippen molar-refractivity contribution in [1.29, 1.82) is 0 Å². The summed E-state index contributed by atoms with van der Waals surface area (Å²) in [5, 5.41) is 6.90. The molecule has 0 saturated carbocycles. The SMILES string of the molecule is CCCCCC(C)NC(=NC)NCCCCN1CCOCC1.I. The van der Waals surface area contributed by atoms with E-state index in [0.29, 0.717) is 6.04 Å². The zero-order valence-corrected chi connectivity index (χ0v) is 17.6. The van der Waals surface area contributed by atoms with Crippen LogP contribution in [0.4, 0.5) is 0 Å². The van der Waals surface area contributed by atoms with E-state index in [1.807, 2.05) is 7.05 Å². The van der Waals surface area contributed by atoms with Gasteiger partial charge in [-0.05, 0) is 32.7 Å². The highest BCUT2D eigenvalue weighted by Crippen LogP contribution is 2.03. The smallest absolute Gasteiger partial charge is 0.191 e. The lowest BCUT2D eigenvalue weighted by Gasteiger charge is -2.26. The standard InChI is InChI=1S/C17H36N4O.HI/c1-4-5-6-9-16(2)20-17(18-3)19-10-7-8-11-21-12-14-22-15-13-21;/h16H,4-15H2,1-3H3,(H2,18,19,20);1H. The number of rotatable bonds is 10. The number of ether oxygens (including phenoxy) is 1. The van der Waals surface area contributed by atoms with Gasteiger partial charge in [-0.15, -0.1) is 24.0 Å². The Labute approximate surface area is 160 Å². The minimum atomic E-state index is 0. The fraction of sp³-hybridized carbons (Fsp3) is 0.941. The lowest BCUT2D eigenvalue weighted by molar-refractivity contribution is 0.0372. The van der Waals surface area contributed by atoms with Crippen LogP contribution in [0.15, 0.2) is 4.99 Å². The van der Waals surface area contributed by atoms with Crippen molar-refractivity contribution in [3.05, 3.63) is 0 Å². The van der Waals surface area contributed by atoms with Crippen LogP contribution in [0.1, 0.15) is 52.4 Å². The van der Waals surface area contributed by atoms with Gasteiger partial charge in [-0.3, -0.25) is 9.89 Å². The van der Waals surface area contributed by atoms with Crippen LogP contribution < -0.4 is 10.6 Å². The molecular formula is C17H37IN4O. The third kappa shape index (κ3) is 12.0. The zero-order chi connectivity index (χ0) is 16.0. The van der Waals surface area contributed by atoms with E-state index >= 15 is 0 Å². The van der Waals surface area contributed by atoms with Crippen LogP contribution in [0.5, 0.6) is 0 Å². The number of nitrogens with one attached hydrogen (secondary N) is 2. The Morgan fingerprint density at radius 3 is 2.57 bits per heavy atom. The average molecular weight is 440 g/mol. The molecule has 0 radical (unpaired) electrons. The molecule has 1 aliphatic rings. The second kappa shape index (κ2) is 15.4. The Balaban J connectivity index is 0.00000484. The molecule has 0 aliphatic carbocycles. The highest BCUT2D eigenvalue weighted by atomic mass is 127. The molecule has 1 unspecified atom stereocenters. The van der Waals surface area contributed by atoms with Crippen molar-refractivity contribution < 1.29 is 4.74 Å². The monoisotopic (exact) mass is 440 g/mol. The summed E-state index contributed by atoms with van der Waals surface area (Å²) in [6.07, 6.45) is 7.52. The van der Waals surface area contributed by atoms with Gasteiger partial charge in [0.15, 0.2) is 5.96 Å². The van der Waals surface area contributed by atoms with E-state index in [2.05, 4.69) is 34.4 Å². The first-order chi connectivity index (χ1) is 10.8. The second-order valence-electron chi connectivity index (χ2n) is 6.20. The summed E-state index contributed by atoms with van der Waals surface area (Å²) in [4.78, 5) is 6.80. The van der Waals surface area contributed by atoms with E-state index in [9.17, 15) is 0 Å². The van der Waals surface area contributed by atoms with Gasteiger partial charge in [0.25, 0.3) is 0 Å². The fourth-order valence-electron chi connectivity index (χ4n) is 2.69. The quantitative estimate of drug-likeness (QED) is 0.238. The summed E-state index contributed by atoms with van der Waals surface area (Å²) in [6, 6.07) is 0.492. The van der Waals surface area contributed by atoms with Crippen LogP contribution in [0.3, 0.4) is 0 Å². The first-order valence-electron chi connectivity index (χ1n) is 9.03. The molecule has 1 rings (SSSR count). The summed E-state index contributed by atoms with van der Waals surface area (Å²) in [6.45, 7) is 10.6. The predicted octanol–water partition coefficient (Wildman–Crippen LogP) is 2.85. The number of hydrogen-bond acceptors (Lipinski definition) is 3. The summed E-state index contributed by atoms with van der Waals surface area (Å²) < 4.78 is 5.37.